The SMILES string of the molecule is COC(=O)Cc1cccc(C)c1I. The molecule has 0 heterocycles. The molecular weight excluding hydrogens is 279 g/mol. The minimum atomic E-state index is -0.191. The predicted molar refractivity (Wildman–Crippen MR) is 59.6 cm³/mol. The van der Waals surface area contributed by atoms with Crippen LogP contribution in [0.2, 0.25) is 0 Å². The third-order valence-corrected chi connectivity index (χ3v) is 3.38. The van der Waals surface area contributed by atoms with Crippen molar-refractivity contribution in [2.45, 2.75) is 13.3 Å². The molecule has 0 aliphatic heterocycles. The minimum Gasteiger partial charge on any atom is -0.469 e. The van der Waals surface area contributed by atoms with E-state index in [2.05, 4.69) is 27.3 Å². The van der Waals surface area contributed by atoms with Gasteiger partial charge in [0.25, 0.3) is 0 Å². The Labute approximate surface area is 91.4 Å². The molecule has 70 valence electrons. The number of carbonyl (C=O) groups is 1. The minimum absolute atomic E-state index is 0.191. The Bertz CT molecular complexity index is 321. The Morgan fingerprint density at radius 2 is 2.23 bits per heavy atom. The standard InChI is InChI=1S/C10H11IO2/c1-7-4-3-5-8(10(7)11)6-9(12)13-2/h3-5H,6H2,1-2H3. The number of rotatable bonds is 2. The monoisotopic (exact) mass is 290 g/mol. The summed E-state index contributed by atoms with van der Waals surface area (Å²) in [5.74, 6) is -0.191. The van der Waals surface area contributed by atoms with Gasteiger partial charge in [0, 0.05) is 3.57 Å². The fraction of sp³-hybridized carbons (Fsp3) is 0.300. The van der Waals surface area contributed by atoms with Gasteiger partial charge in [0.05, 0.1) is 13.5 Å². The van der Waals surface area contributed by atoms with E-state index in [4.69, 9.17) is 0 Å². The normalized spacial score (nSPS) is 9.77. The van der Waals surface area contributed by atoms with E-state index >= 15 is 0 Å². The van der Waals surface area contributed by atoms with Crippen molar-refractivity contribution in [3.05, 3.63) is 32.9 Å². The maximum absolute atomic E-state index is 11.0. The lowest BCUT2D eigenvalue weighted by atomic mass is 10.1. The van der Waals surface area contributed by atoms with Crippen molar-refractivity contribution in [1.29, 1.82) is 0 Å². The van der Waals surface area contributed by atoms with Crippen LogP contribution in [0.1, 0.15) is 11.1 Å². The second-order valence-electron chi connectivity index (χ2n) is 2.80. The van der Waals surface area contributed by atoms with Gasteiger partial charge in [-0.15, -0.1) is 0 Å². The topological polar surface area (TPSA) is 26.3 Å². The van der Waals surface area contributed by atoms with Crippen LogP contribution in [0.15, 0.2) is 18.2 Å². The Morgan fingerprint density at radius 3 is 2.85 bits per heavy atom. The van der Waals surface area contributed by atoms with Crippen LogP contribution in [0.4, 0.5) is 0 Å². The highest BCUT2D eigenvalue weighted by atomic mass is 127. The quantitative estimate of drug-likeness (QED) is 0.617. The molecule has 0 aliphatic carbocycles. The van der Waals surface area contributed by atoms with Crippen LogP contribution in [0.5, 0.6) is 0 Å². The highest BCUT2D eigenvalue weighted by molar-refractivity contribution is 14.1. The van der Waals surface area contributed by atoms with Crippen molar-refractivity contribution in [3.8, 4) is 0 Å². The molecule has 0 fully saturated rings. The smallest absolute Gasteiger partial charge is 0.310 e. The van der Waals surface area contributed by atoms with Crippen molar-refractivity contribution in [3.63, 3.8) is 0 Å². The average molecular weight is 290 g/mol. The van der Waals surface area contributed by atoms with Gasteiger partial charge in [-0.05, 0) is 40.6 Å². The first-order chi connectivity index (χ1) is 6.15. The predicted octanol–water partition coefficient (Wildman–Crippen LogP) is 2.32. The lowest BCUT2D eigenvalue weighted by Gasteiger charge is -2.05. The van der Waals surface area contributed by atoms with Gasteiger partial charge in [0.1, 0.15) is 0 Å². The van der Waals surface area contributed by atoms with E-state index in [0.717, 1.165) is 9.13 Å². The molecule has 0 bridgehead atoms. The highest BCUT2D eigenvalue weighted by Crippen LogP contribution is 2.17. The van der Waals surface area contributed by atoms with E-state index < -0.39 is 0 Å². The third-order valence-electron chi connectivity index (χ3n) is 1.83. The maximum Gasteiger partial charge on any atom is 0.310 e. The van der Waals surface area contributed by atoms with Crippen LogP contribution in [0.3, 0.4) is 0 Å². The third kappa shape index (κ3) is 2.69. The molecule has 0 aromatic heterocycles. The zero-order valence-corrected chi connectivity index (χ0v) is 9.79. The number of esters is 1. The van der Waals surface area contributed by atoms with Crippen molar-refractivity contribution in [2.75, 3.05) is 7.11 Å². The van der Waals surface area contributed by atoms with Gasteiger partial charge >= 0.3 is 5.97 Å². The summed E-state index contributed by atoms with van der Waals surface area (Å²) in [6.07, 6.45) is 0.358. The fourth-order valence-electron chi connectivity index (χ4n) is 1.07. The van der Waals surface area contributed by atoms with Gasteiger partial charge in [-0.25, -0.2) is 0 Å². The van der Waals surface area contributed by atoms with Gasteiger partial charge in [-0.2, -0.15) is 0 Å². The number of ether oxygens (including phenoxy) is 1. The number of halogens is 1. The Kier molecular flexibility index (Phi) is 3.71. The van der Waals surface area contributed by atoms with Crippen molar-refractivity contribution in [1.82, 2.24) is 0 Å². The largest absolute Gasteiger partial charge is 0.469 e. The van der Waals surface area contributed by atoms with Crippen LogP contribution in [-0.2, 0) is 16.0 Å². The van der Waals surface area contributed by atoms with Gasteiger partial charge in [-0.1, -0.05) is 18.2 Å². The Balaban J connectivity index is 2.89. The van der Waals surface area contributed by atoms with Crippen LogP contribution in [-0.4, -0.2) is 13.1 Å². The first kappa shape index (κ1) is 10.5. The number of hydrogen-bond acceptors (Lipinski definition) is 2. The van der Waals surface area contributed by atoms with E-state index in [0.29, 0.717) is 6.42 Å². The molecule has 1 aromatic carbocycles. The zero-order valence-electron chi connectivity index (χ0n) is 7.63. The van der Waals surface area contributed by atoms with Crippen molar-refractivity contribution in [2.24, 2.45) is 0 Å². The van der Waals surface area contributed by atoms with Crippen LogP contribution < -0.4 is 0 Å². The summed E-state index contributed by atoms with van der Waals surface area (Å²) in [6, 6.07) is 5.93. The van der Waals surface area contributed by atoms with E-state index in [1.54, 1.807) is 0 Å². The van der Waals surface area contributed by atoms with Gasteiger partial charge < -0.3 is 4.74 Å². The number of hydrogen-bond donors (Lipinski definition) is 0. The molecule has 13 heavy (non-hydrogen) atoms. The highest BCUT2D eigenvalue weighted by Gasteiger charge is 2.07. The number of aryl methyl sites for hydroxylation is 1. The molecule has 0 aliphatic rings. The summed E-state index contributed by atoms with van der Waals surface area (Å²) in [6.45, 7) is 2.03. The molecule has 0 spiro atoms. The molecule has 0 amide bonds. The molecule has 0 unspecified atom stereocenters. The van der Waals surface area contributed by atoms with E-state index in [-0.39, 0.29) is 5.97 Å². The molecule has 2 nitrogen and oxygen atoms in total. The molecule has 0 N–H and O–H groups in total. The molecule has 0 saturated carbocycles. The Hall–Kier alpha value is -0.580. The van der Waals surface area contributed by atoms with Gasteiger partial charge in [-0.3, -0.25) is 4.79 Å². The number of carbonyl (C=O) groups excluding carboxylic acids is 1. The fourth-order valence-corrected chi connectivity index (χ4v) is 1.62. The number of benzene rings is 1. The molecule has 0 radical (unpaired) electrons. The summed E-state index contributed by atoms with van der Waals surface area (Å²) < 4.78 is 5.75. The summed E-state index contributed by atoms with van der Waals surface area (Å²) in [5.41, 5.74) is 2.23. The lowest BCUT2D eigenvalue weighted by Crippen LogP contribution is -2.06. The zero-order chi connectivity index (χ0) is 9.84. The summed E-state index contributed by atoms with van der Waals surface area (Å²) >= 11 is 2.25. The first-order valence-corrected chi connectivity index (χ1v) is 5.04. The van der Waals surface area contributed by atoms with E-state index in [9.17, 15) is 4.79 Å². The second kappa shape index (κ2) is 4.60. The van der Waals surface area contributed by atoms with Crippen LogP contribution in [0.25, 0.3) is 0 Å². The van der Waals surface area contributed by atoms with E-state index in [1.807, 2.05) is 25.1 Å². The summed E-state index contributed by atoms with van der Waals surface area (Å²) in [7, 11) is 1.41. The molecule has 0 saturated heterocycles. The second-order valence-corrected chi connectivity index (χ2v) is 3.88. The first-order valence-electron chi connectivity index (χ1n) is 3.96. The van der Waals surface area contributed by atoms with Crippen molar-refractivity contribution < 1.29 is 9.53 Å². The molecule has 1 rings (SSSR count). The van der Waals surface area contributed by atoms with Crippen LogP contribution in [0, 0.1) is 10.5 Å². The van der Waals surface area contributed by atoms with Crippen LogP contribution >= 0.6 is 22.6 Å². The van der Waals surface area contributed by atoms with Gasteiger partial charge in [0.15, 0.2) is 0 Å². The lowest BCUT2D eigenvalue weighted by molar-refractivity contribution is -0.139. The Morgan fingerprint density at radius 1 is 1.54 bits per heavy atom. The maximum atomic E-state index is 11.0. The van der Waals surface area contributed by atoms with E-state index in [1.165, 1.54) is 12.7 Å². The molecule has 1 aromatic rings. The number of methoxy groups -OCH3 is 1. The molecule has 0 atom stereocenters. The summed E-state index contributed by atoms with van der Waals surface area (Å²) in [4.78, 5) is 11.0. The molecule has 3 heteroatoms. The summed E-state index contributed by atoms with van der Waals surface area (Å²) in [5, 5.41) is 0. The molecular formula is C10H11IO2. The van der Waals surface area contributed by atoms with Gasteiger partial charge in [0.2, 0.25) is 0 Å². The van der Waals surface area contributed by atoms with Crippen molar-refractivity contribution >= 4 is 28.6 Å². The average Bonchev–Trinajstić information content (AvgIpc) is 2.13.